The van der Waals surface area contributed by atoms with Crippen molar-refractivity contribution in [3.8, 4) is 27.9 Å². The number of benzene rings is 9. The van der Waals surface area contributed by atoms with Gasteiger partial charge in [0.15, 0.2) is 0 Å². The van der Waals surface area contributed by atoms with Crippen LogP contribution in [0.4, 0.5) is 17.1 Å². The van der Waals surface area contributed by atoms with Crippen LogP contribution in [0, 0.1) is 0 Å². The Hall–Kier alpha value is -6.69. The minimum atomic E-state index is 0.687. The molecule has 0 bridgehead atoms. The summed E-state index contributed by atoms with van der Waals surface area (Å²) in [5, 5.41) is 8.23. The number of thiophene rings is 2. The summed E-state index contributed by atoms with van der Waals surface area (Å²) in [7, 11) is 0. The summed E-state index contributed by atoms with van der Waals surface area (Å²) in [6.07, 6.45) is 0. The highest BCUT2D eigenvalue weighted by Crippen LogP contribution is 2.49. The van der Waals surface area contributed by atoms with Gasteiger partial charge in [-0.15, -0.1) is 22.7 Å². The molecule has 0 aliphatic heterocycles. The van der Waals surface area contributed by atoms with Gasteiger partial charge in [-0.1, -0.05) is 133 Å². The van der Waals surface area contributed by atoms with E-state index in [1.165, 1.54) is 78.8 Å². The Bertz CT molecular complexity index is 3560. The Morgan fingerprint density at radius 3 is 1.83 bits per heavy atom. The summed E-state index contributed by atoms with van der Waals surface area (Å²) in [4.78, 5) is 2.36. The standard InChI is InChI=1S/C54H33ClN2S2/c55-37-29-36(46-33-47-42-17-7-10-20-48(42)57(38-15-5-2-6-16-38)53(47)52-45-19-9-12-22-50(45)59-54(46)52)30-41(31-37)56(39-25-23-35(24-26-39)34-13-3-1-4-14-34)40-27-28-44-43-18-8-11-21-49(43)58-51(44)32-40/h1-33H. The molecule has 0 unspecified atom stereocenters. The van der Waals surface area contributed by atoms with E-state index in [9.17, 15) is 0 Å². The van der Waals surface area contributed by atoms with Crippen molar-refractivity contribution in [3.63, 3.8) is 0 Å². The van der Waals surface area contributed by atoms with Crippen molar-refractivity contribution in [1.29, 1.82) is 0 Å². The predicted octanol–water partition coefficient (Wildman–Crippen LogP) is 17.0. The van der Waals surface area contributed by atoms with Crippen LogP contribution in [0.5, 0.6) is 0 Å². The first-order chi connectivity index (χ1) is 29.2. The molecule has 3 aromatic heterocycles. The predicted molar refractivity (Wildman–Crippen MR) is 257 cm³/mol. The third-order valence-electron chi connectivity index (χ3n) is 11.6. The summed E-state index contributed by atoms with van der Waals surface area (Å²) < 4.78 is 7.51. The molecular formula is C54H33ClN2S2. The maximum atomic E-state index is 7.27. The number of halogens is 1. The Balaban J connectivity index is 1.11. The summed E-state index contributed by atoms with van der Waals surface area (Å²) in [5.41, 5.74) is 11.3. The van der Waals surface area contributed by atoms with E-state index in [4.69, 9.17) is 11.6 Å². The highest BCUT2D eigenvalue weighted by atomic mass is 35.5. The van der Waals surface area contributed by atoms with Crippen LogP contribution in [0.15, 0.2) is 200 Å². The van der Waals surface area contributed by atoms with E-state index >= 15 is 0 Å². The first-order valence-corrected chi connectivity index (χ1v) is 21.8. The maximum Gasteiger partial charge on any atom is 0.0634 e. The first-order valence-electron chi connectivity index (χ1n) is 19.8. The van der Waals surface area contributed by atoms with Crippen LogP contribution in [0.3, 0.4) is 0 Å². The number of rotatable bonds is 6. The van der Waals surface area contributed by atoms with Gasteiger partial charge in [-0.25, -0.2) is 0 Å². The molecule has 0 fully saturated rings. The third kappa shape index (κ3) is 5.60. The second kappa shape index (κ2) is 13.7. The molecule has 5 heteroatoms. The molecule has 0 saturated carbocycles. The number of para-hydroxylation sites is 2. The van der Waals surface area contributed by atoms with Gasteiger partial charge < -0.3 is 9.47 Å². The van der Waals surface area contributed by atoms with Crippen LogP contribution in [0.25, 0.3) is 90.1 Å². The highest BCUT2D eigenvalue weighted by Gasteiger charge is 2.23. The van der Waals surface area contributed by atoms with Gasteiger partial charge in [0.05, 0.1) is 11.0 Å². The quantitative estimate of drug-likeness (QED) is 0.162. The average Bonchev–Trinajstić information content (AvgIpc) is 3.96. The van der Waals surface area contributed by atoms with E-state index in [-0.39, 0.29) is 0 Å². The molecule has 12 rings (SSSR count). The van der Waals surface area contributed by atoms with Crippen LogP contribution in [0.1, 0.15) is 0 Å². The molecule has 0 atom stereocenters. The molecule has 12 aromatic rings. The zero-order valence-electron chi connectivity index (χ0n) is 31.6. The lowest BCUT2D eigenvalue weighted by atomic mass is 9.98. The lowest BCUT2D eigenvalue weighted by molar-refractivity contribution is 1.19. The zero-order chi connectivity index (χ0) is 39.0. The molecule has 0 aliphatic rings. The van der Waals surface area contributed by atoms with Gasteiger partial charge in [-0.2, -0.15) is 0 Å². The van der Waals surface area contributed by atoms with Crippen molar-refractivity contribution in [2.45, 2.75) is 0 Å². The van der Waals surface area contributed by atoms with E-state index in [1.54, 1.807) is 0 Å². The number of hydrogen-bond acceptors (Lipinski definition) is 3. The van der Waals surface area contributed by atoms with Crippen molar-refractivity contribution in [3.05, 3.63) is 205 Å². The SMILES string of the molecule is Clc1cc(-c2cc3c4ccccc4n(-c4ccccc4)c3c3c2sc2ccccc23)cc(N(c2ccc(-c3ccccc3)cc2)c2ccc3c(c2)sc2ccccc23)c1. The molecule has 0 amide bonds. The largest absolute Gasteiger partial charge is 0.310 e. The molecule has 0 radical (unpaired) electrons. The molecule has 0 saturated heterocycles. The zero-order valence-corrected chi connectivity index (χ0v) is 34.0. The van der Waals surface area contributed by atoms with Gasteiger partial charge in [0.2, 0.25) is 0 Å². The average molecular weight is 809 g/mol. The van der Waals surface area contributed by atoms with Gasteiger partial charge >= 0.3 is 0 Å². The van der Waals surface area contributed by atoms with Crippen molar-refractivity contribution in [1.82, 2.24) is 4.57 Å². The fraction of sp³-hybridized carbons (Fsp3) is 0. The highest BCUT2D eigenvalue weighted by molar-refractivity contribution is 7.26. The minimum absolute atomic E-state index is 0.687. The van der Waals surface area contributed by atoms with Gasteiger partial charge in [0.1, 0.15) is 0 Å². The van der Waals surface area contributed by atoms with Crippen LogP contribution >= 0.6 is 34.3 Å². The Labute approximate surface area is 354 Å². The number of anilines is 3. The molecule has 0 N–H and O–H groups in total. The van der Waals surface area contributed by atoms with Gasteiger partial charge in [0.25, 0.3) is 0 Å². The minimum Gasteiger partial charge on any atom is -0.310 e. The van der Waals surface area contributed by atoms with Crippen LogP contribution in [-0.4, -0.2) is 4.57 Å². The van der Waals surface area contributed by atoms with E-state index < -0.39 is 0 Å². The Morgan fingerprint density at radius 2 is 1.03 bits per heavy atom. The topological polar surface area (TPSA) is 8.17 Å². The van der Waals surface area contributed by atoms with E-state index in [1.807, 2.05) is 22.7 Å². The fourth-order valence-electron chi connectivity index (χ4n) is 8.99. The second-order valence-corrected chi connectivity index (χ2v) is 17.6. The monoisotopic (exact) mass is 808 g/mol. The second-order valence-electron chi connectivity index (χ2n) is 15.0. The molecule has 3 heterocycles. The van der Waals surface area contributed by atoms with E-state index in [0.717, 1.165) is 28.3 Å². The number of aromatic nitrogens is 1. The third-order valence-corrected chi connectivity index (χ3v) is 14.2. The van der Waals surface area contributed by atoms with Crippen LogP contribution < -0.4 is 4.90 Å². The number of fused-ring (bicyclic) bond motifs is 10. The lowest BCUT2D eigenvalue weighted by Gasteiger charge is -2.27. The smallest absolute Gasteiger partial charge is 0.0634 e. The normalized spacial score (nSPS) is 11.8. The molecular weight excluding hydrogens is 776 g/mol. The Morgan fingerprint density at radius 1 is 0.407 bits per heavy atom. The molecule has 59 heavy (non-hydrogen) atoms. The van der Waals surface area contributed by atoms with E-state index in [2.05, 4.69) is 210 Å². The summed E-state index contributed by atoms with van der Waals surface area (Å²) in [6, 6.07) is 72.4. The number of hydrogen-bond donors (Lipinski definition) is 0. The van der Waals surface area contributed by atoms with E-state index in [0.29, 0.717) is 5.02 Å². The van der Waals surface area contributed by atoms with Gasteiger partial charge in [-0.3, -0.25) is 0 Å². The molecule has 9 aromatic carbocycles. The molecule has 2 nitrogen and oxygen atoms in total. The van der Waals surface area contributed by atoms with Crippen LogP contribution in [-0.2, 0) is 0 Å². The fourth-order valence-corrected chi connectivity index (χ4v) is 11.6. The summed E-state index contributed by atoms with van der Waals surface area (Å²) in [5.74, 6) is 0. The van der Waals surface area contributed by atoms with Crippen molar-refractivity contribution < 1.29 is 0 Å². The molecule has 278 valence electrons. The Kier molecular flexibility index (Phi) is 7.99. The van der Waals surface area contributed by atoms with Crippen LogP contribution in [0.2, 0.25) is 5.02 Å². The summed E-state index contributed by atoms with van der Waals surface area (Å²) in [6.45, 7) is 0. The lowest BCUT2D eigenvalue weighted by Crippen LogP contribution is -2.10. The molecule has 0 aliphatic carbocycles. The summed E-state index contributed by atoms with van der Waals surface area (Å²) >= 11 is 11.0. The van der Waals surface area contributed by atoms with Gasteiger partial charge in [0, 0.05) is 84.5 Å². The van der Waals surface area contributed by atoms with Crippen molar-refractivity contribution in [2.75, 3.05) is 4.90 Å². The first kappa shape index (κ1) is 34.4. The maximum absolute atomic E-state index is 7.27. The van der Waals surface area contributed by atoms with Crippen molar-refractivity contribution >= 4 is 113 Å². The van der Waals surface area contributed by atoms with Crippen molar-refractivity contribution in [2.24, 2.45) is 0 Å². The number of nitrogens with zero attached hydrogens (tertiary/aromatic N) is 2. The molecule has 0 spiro atoms. The van der Waals surface area contributed by atoms with Gasteiger partial charge in [-0.05, 0) is 95.6 Å².